The maximum atomic E-state index is 13.2. The third-order valence-electron chi connectivity index (χ3n) is 7.68. The van der Waals surface area contributed by atoms with Crippen molar-refractivity contribution >= 4 is 35.4 Å². The zero-order chi connectivity index (χ0) is 32.8. The molecule has 3 rings (SSSR count). The topological polar surface area (TPSA) is 186 Å². The molecule has 2 aromatic rings. The van der Waals surface area contributed by atoms with Crippen LogP contribution in [-0.2, 0) is 31.2 Å². The van der Waals surface area contributed by atoms with Crippen molar-refractivity contribution in [3.05, 3.63) is 59.2 Å². The third kappa shape index (κ3) is 8.25. The van der Waals surface area contributed by atoms with Crippen molar-refractivity contribution in [3.8, 4) is 5.75 Å². The van der Waals surface area contributed by atoms with Crippen LogP contribution in [0.1, 0.15) is 57.7 Å². The number of rotatable bonds is 11. The highest BCUT2D eigenvalue weighted by atomic mass is 16.5. The van der Waals surface area contributed by atoms with Crippen molar-refractivity contribution < 1.29 is 39.0 Å². The molecule has 238 valence electrons. The van der Waals surface area contributed by atoms with E-state index >= 15 is 0 Å². The Labute approximate surface area is 256 Å². The number of ether oxygens (including phenoxy) is 1. The van der Waals surface area contributed by atoms with E-state index in [1.807, 2.05) is 32.0 Å². The molecule has 0 saturated carbocycles. The Morgan fingerprint density at radius 3 is 2.32 bits per heavy atom. The summed E-state index contributed by atoms with van der Waals surface area (Å²) in [6.45, 7) is 10.7. The molecule has 0 radical (unpaired) electrons. The van der Waals surface area contributed by atoms with Crippen LogP contribution in [0, 0.1) is 12.3 Å². The van der Waals surface area contributed by atoms with Gasteiger partial charge in [0.25, 0.3) is 5.91 Å². The van der Waals surface area contributed by atoms with E-state index < -0.39 is 46.7 Å². The number of carboxylic acid groups (broad SMARTS) is 1. The molecule has 1 fully saturated rings. The average Bonchev–Trinajstić information content (AvgIpc) is 3.26. The van der Waals surface area contributed by atoms with Crippen molar-refractivity contribution in [2.75, 3.05) is 18.4 Å². The molecule has 1 heterocycles. The Bertz CT molecular complexity index is 1400. The van der Waals surface area contributed by atoms with Gasteiger partial charge in [-0.15, -0.1) is 0 Å². The molecule has 0 aliphatic carbocycles. The fourth-order valence-electron chi connectivity index (χ4n) is 5.12. The molecule has 2 unspecified atom stereocenters. The molecule has 3 atom stereocenters. The molecule has 1 saturated heterocycles. The van der Waals surface area contributed by atoms with Gasteiger partial charge in [0.1, 0.15) is 24.4 Å². The van der Waals surface area contributed by atoms with Gasteiger partial charge in [-0.3, -0.25) is 24.4 Å². The summed E-state index contributed by atoms with van der Waals surface area (Å²) >= 11 is 0. The quantitative estimate of drug-likeness (QED) is 0.165. The van der Waals surface area contributed by atoms with Crippen molar-refractivity contribution in [3.63, 3.8) is 0 Å². The molecule has 13 nitrogen and oxygen atoms in total. The maximum Gasteiger partial charge on any atom is 0.405 e. The van der Waals surface area contributed by atoms with Gasteiger partial charge < -0.3 is 30.7 Å². The van der Waals surface area contributed by atoms with Crippen LogP contribution in [0.15, 0.2) is 42.5 Å². The van der Waals surface area contributed by atoms with Crippen LogP contribution in [0.25, 0.3) is 0 Å². The third-order valence-corrected chi connectivity index (χ3v) is 7.68. The smallest absolute Gasteiger partial charge is 0.405 e. The lowest BCUT2D eigenvalue weighted by Gasteiger charge is -2.29. The van der Waals surface area contributed by atoms with Gasteiger partial charge in [-0.05, 0) is 73.6 Å². The minimum atomic E-state index is -1.33. The lowest BCUT2D eigenvalue weighted by Crippen LogP contribution is -2.54. The second kappa shape index (κ2) is 13.8. The first-order valence-electron chi connectivity index (χ1n) is 14.2. The van der Waals surface area contributed by atoms with E-state index in [1.54, 1.807) is 57.4 Å². The van der Waals surface area contributed by atoms with Gasteiger partial charge in [0.05, 0.1) is 12.0 Å². The van der Waals surface area contributed by atoms with E-state index in [2.05, 4.69) is 16.0 Å². The van der Waals surface area contributed by atoms with Gasteiger partial charge in [-0.2, -0.15) is 0 Å². The van der Waals surface area contributed by atoms with Gasteiger partial charge in [0, 0.05) is 12.2 Å². The summed E-state index contributed by atoms with van der Waals surface area (Å²) in [5.74, 6) is -1.34. The molecule has 6 N–H and O–H groups in total. The summed E-state index contributed by atoms with van der Waals surface area (Å²) in [5, 5.41) is 25.4. The number of hydrogen-bond acceptors (Lipinski definition) is 7. The number of likely N-dealkylation sites (tertiary alicyclic amines) is 1. The van der Waals surface area contributed by atoms with Gasteiger partial charge in [-0.25, -0.2) is 10.3 Å². The number of benzene rings is 2. The average molecular weight is 612 g/mol. The highest BCUT2D eigenvalue weighted by Gasteiger charge is 2.46. The van der Waals surface area contributed by atoms with Gasteiger partial charge in [0.2, 0.25) is 17.7 Å². The minimum absolute atomic E-state index is 0.192. The van der Waals surface area contributed by atoms with Crippen molar-refractivity contribution in [1.82, 2.24) is 21.0 Å². The number of anilines is 1. The first-order chi connectivity index (χ1) is 20.5. The Morgan fingerprint density at radius 2 is 1.73 bits per heavy atom. The lowest BCUT2D eigenvalue weighted by molar-refractivity contribution is -0.143. The van der Waals surface area contributed by atoms with Crippen LogP contribution < -0.4 is 26.2 Å². The zero-order valence-electron chi connectivity index (χ0n) is 25.8. The molecular weight excluding hydrogens is 570 g/mol. The van der Waals surface area contributed by atoms with E-state index in [0.29, 0.717) is 24.4 Å². The van der Waals surface area contributed by atoms with Crippen LogP contribution in [-0.4, -0.2) is 70.1 Å². The first kappa shape index (κ1) is 33.8. The lowest BCUT2D eigenvalue weighted by atomic mass is 9.81. The maximum absolute atomic E-state index is 13.2. The summed E-state index contributed by atoms with van der Waals surface area (Å²) in [5.41, 5.74) is 3.05. The number of carbonyl (C=O) groups excluding carboxylic acids is 4. The van der Waals surface area contributed by atoms with Crippen LogP contribution >= 0.6 is 0 Å². The zero-order valence-corrected chi connectivity index (χ0v) is 25.8. The van der Waals surface area contributed by atoms with Crippen LogP contribution in [0.4, 0.5) is 10.5 Å². The number of nitrogens with one attached hydrogen (secondary N) is 4. The van der Waals surface area contributed by atoms with Crippen molar-refractivity contribution in [2.45, 2.75) is 72.1 Å². The normalized spacial score (nSPS) is 17.8. The number of nitrogens with zero attached hydrogens (tertiary/aromatic N) is 1. The first-order valence-corrected chi connectivity index (χ1v) is 14.2. The summed E-state index contributed by atoms with van der Waals surface area (Å²) in [6, 6.07) is 10.8. The molecule has 0 spiro atoms. The van der Waals surface area contributed by atoms with Gasteiger partial charge >= 0.3 is 6.09 Å². The number of amides is 5. The van der Waals surface area contributed by atoms with Gasteiger partial charge in [-0.1, -0.05) is 39.0 Å². The summed E-state index contributed by atoms with van der Waals surface area (Å²) in [4.78, 5) is 62.6. The van der Waals surface area contributed by atoms with Crippen molar-refractivity contribution in [2.24, 2.45) is 5.41 Å². The van der Waals surface area contributed by atoms with Crippen LogP contribution in [0.2, 0.25) is 0 Å². The second-order valence-electron chi connectivity index (χ2n) is 12.3. The molecule has 44 heavy (non-hydrogen) atoms. The second-order valence-corrected chi connectivity index (χ2v) is 12.3. The number of carbonyl (C=O) groups is 5. The highest BCUT2D eigenvalue weighted by molar-refractivity contribution is 5.96. The minimum Gasteiger partial charge on any atom is -0.489 e. The summed E-state index contributed by atoms with van der Waals surface area (Å²) < 4.78 is 5.96. The van der Waals surface area contributed by atoms with Crippen LogP contribution in [0.5, 0.6) is 5.75 Å². The fraction of sp³-hybridized carbons (Fsp3) is 0.452. The van der Waals surface area contributed by atoms with E-state index in [0.717, 1.165) is 16.7 Å². The molecule has 0 aromatic heterocycles. The molecule has 2 aromatic carbocycles. The monoisotopic (exact) mass is 611 g/mol. The Balaban J connectivity index is 1.59. The molecular formula is C31H41N5O8. The fourth-order valence-corrected chi connectivity index (χ4v) is 5.12. The molecule has 5 amide bonds. The Hall–Kier alpha value is -4.65. The van der Waals surface area contributed by atoms with E-state index in [4.69, 9.17) is 15.1 Å². The van der Waals surface area contributed by atoms with Crippen molar-refractivity contribution in [1.29, 1.82) is 0 Å². The predicted octanol–water partition coefficient (Wildman–Crippen LogP) is 2.69. The largest absolute Gasteiger partial charge is 0.489 e. The Kier molecular flexibility index (Phi) is 10.6. The van der Waals surface area contributed by atoms with E-state index in [1.165, 1.54) is 4.90 Å². The molecule has 0 bridgehead atoms. The van der Waals surface area contributed by atoms with Crippen LogP contribution in [0.3, 0.4) is 0 Å². The highest BCUT2D eigenvalue weighted by Crippen LogP contribution is 2.37. The summed E-state index contributed by atoms with van der Waals surface area (Å²) in [7, 11) is 0. The molecule has 1 aliphatic rings. The standard InChI is InChI=1S/C31H41N5O8/c1-18-13-20(15-22(14-18)33-24(37)16-32-27(39)25(30(3,4)5)34-29(41)42)17-44-23-9-7-21(8-10-23)31(6)11-12-36(28(31)40)19(2)26(38)35-43/h7-10,13-15,19,25,34,43H,11-12,16-17H2,1-6H3,(H,32,39)(H,33,37)(H,35,38)(H,41,42)/t19?,25-,31?/m0/s1. The van der Waals surface area contributed by atoms with E-state index in [-0.39, 0.29) is 19.1 Å². The van der Waals surface area contributed by atoms with Gasteiger partial charge in [0.15, 0.2) is 0 Å². The number of aryl methyl sites for hydroxylation is 1. The Morgan fingerprint density at radius 1 is 1.07 bits per heavy atom. The molecule has 1 aliphatic heterocycles. The number of hydroxylamine groups is 1. The predicted molar refractivity (Wildman–Crippen MR) is 161 cm³/mol. The number of hydrogen-bond donors (Lipinski definition) is 6. The van der Waals surface area contributed by atoms with E-state index in [9.17, 15) is 24.0 Å². The SMILES string of the molecule is Cc1cc(COc2ccc(C3(C)CCN(C(C)C(=O)NO)C3=O)cc2)cc(NC(=O)CNC(=O)[C@H](NC(=O)O)C(C)(C)C)c1. The summed E-state index contributed by atoms with van der Waals surface area (Å²) in [6.07, 6.45) is -0.811. The molecule has 13 heteroatoms.